The third-order valence-corrected chi connectivity index (χ3v) is 4.97. The summed E-state index contributed by atoms with van der Waals surface area (Å²) in [7, 11) is 1.92. The largest absolute Gasteiger partial charge is 0.364 e. The topological polar surface area (TPSA) is 28.0 Å². The standard InChI is InChI=1S/C18H22F3N3O/c1-4-11-10-13(25)24-16(12(11)5-2)14(19)17(15(20)18(24)21)23-8-6-22(3)7-9-23/h10H,4-9H2,1-3H3. The molecule has 2 aromatic heterocycles. The number of likely N-dealkylation sites (N-methyl/N-ethyl adjacent to an activating group) is 1. The fraction of sp³-hybridized carbons (Fsp3) is 0.500. The third-order valence-electron chi connectivity index (χ3n) is 4.97. The zero-order valence-electron chi connectivity index (χ0n) is 14.7. The number of hydrogen-bond donors (Lipinski definition) is 0. The first-order valence-corrected chi connectivity index (χ1v) is 8.58. The zero-order chi connectivity index (χ0) is 18.3. The molecule has 0 bridgehead atoms. The Kier molecular flexibility index (Phi) is 4.77. The van der Waals surface area contributed by atoms with E-state index in [-0.39, 0.29) is 11.2 Å². The van der Waals surface area contributed by atoms with Crippen LogP contribution in [0.15, 0.2) is 10.9 Å². The molecular formula is C18H22F3N3O. The monoisotopic (exact) mass is 353 g/mol. The van der Waals surface area contributed by atoms with E-state index in [1.54, 1.807) is 0 Å². The smallest absolute Gasteiger partial charge is 0.257 e. The molecule has 25 heavy (non-hydrogen) atoms. The Bertz CT molecular complexity index is 870. The van der Waals surface area contributed by atoms with Crippen molar-refractivity contribution in [1.82, 2.24) is 9.30 Å². The average Bonchev–Trinajstić information content (AvgIpc) is 2.60. The molecule has 1 aliphatic heterocycles. The zero-order valence-corrected chi connectivity index (χ0v) is 14.7. The van der Waals surface area contributed by atoms with Crippen LogP contribution in [0.2, 0.25) is 0 Å². The van der Waals surface area contributed by atoms with Crippen molar-refractivity contribution < 1.29 is 13.2 Å². The molecular weight excluding hydrogens is 331 g/mol. The Balaban J connectivity index is 2.35. The maximum atomic E-state index is 15.3. The maximum absolute atomic E-state index is 15.3. The van der Waals surface area contributed by atoms with Crippen LogP contribution in [0.1, 0.15) is 25.0 Å². The Morgan fingerprint density at radius 1 is 1.00 bits per heavy atom. The molecule has 1 saturated heterocycles. The van der Waals surface area contributed by atoms with Crippen LogP contribution in [-0.2, 0) is 12.8 Å². The third kappa shape index (κ3) is 2.80. The van der Waals surface area contributed by atoms with E-state index in [1.807, 2.05) is 25.8 Å². The highest BCUT2D eigenvalue weighted by Gasteiger charge is 2.29. The van der Waals surface area contributed by atoms with E-state index in [0.717, 1.165) is 0 Å². The predicted molar refractivity (Wildman–Crippen MR) is 92.0 cm³/mol. The molecule has 3 heterocycles. The van der Waals surface area contributed by atoms with Gasteiger partial charge in [0.1, 0.15) is 5.69 Å². The summed E-state index contributed by atoms with van der Waals surface area (Å²) in [5, 5.41) is 0. The normalized spacial score (nSPS) is 16.0. The quantitative estimate of drug-likeness (QED) is 0.794. The van der Waals surface area contributed by atoms with Crippen molar-refractivity contribution >= 4 is 11.2 Å². The van der Waals surface area contributed by atoms with Crippen molar-refractivity contribution in [1.29, 1.82) is 0 Å². The van der Waals surface area contributed by atoms with E-state index in [2.05, 4.69) is 0 Å². The number of aryl methyl sites for hydroxylation is 2. The number of rotatable bonds is 3. The van der Waals surface area contributed by atoms with Gasteiger partial charge in [0.25, 0.3) is 5.56 Å². The fourth-order valence-corrected chi connectivity index (χ4v) is 3.55. The number of pyridine rings is 2. The molecule has 1 fully saturated rings. The number of aromatic nitrogens is 1. The van der Waals surface area contributed by atoms with Gasteiger partial charge in [-0.2, -0.15) is 8.78 Å². The van der Waals surface area contributed by atoms with Gasteiger partial charge >= 0.3 is 0 Å². The van der Waals surface area contributed by atoms with E-state index in [9.17, 15) is 13.6 Å². The molecule has 0 saturated carbocycles. The van der Waals surface area contributed by atoms with Gasteiger partial charge < -0.3 is 9.80 Å². The summed E-state index contributed by atoms with van der Waals surface area (Å²) in [5.74, 6) is -3.48. The molecule has 0 aromatic carbocycles. The van der Waals surface area contributed by atoms with Crippen molar-refractivity contribution in [3.63, 3.8) is 0 Å². The van der Waals surface area contributed by atoms with Gasteiger partial charge in [0.15, 0.2) is 5.82 Å². The lowest BCUT2D eigenvalue weighted by molar-refractivity contribution is 0.309. The molecule has 0 unspecified atom stereocenters. The highest BCUT2D eigenvalue weighted by molar-refractivity contribution is 5.68. The molecule has 136 valence electrons. The van der Waals surface area contributed by atoms with E-state index >= 15 is 4.39 Å². The molecule has 0 radical (unpaired) electrons. The van der Waals surface area contributed by atoms with Crippen molar-refractivity contribution in [3.05, 3.63) is 45.1 Å². The highest BCUT2D eigenvalue weighted by Crippen LogP contribution is 2.31. The van der Waals surface area contributed by atoms with Crippen molar-refractivity contribution in [3.8, 4) is 0 Å². The minimum absolute atomic E-state index is 0.139. The molecule has 1 aliphatic rings. The summed E-state index contributed by atoms with van der Waals surface area (Å²) >= 11 is 0. The number of nitrogens with zero attached hydrogens (tertiary/aromatic N) is 3. The number of halogens is 3. The number of piperazine rings is 1. The van der Waals surface area contributed by atoms with Gasteiger partial charge in [-0.3, -0.25) is 4.79 Å². The van der Waals surface area contributed by atoms with Crippen LogP contribution in [0, 0.1) is 17.6 Å². The second-order valence-corrected chi connectivity index (χ2v) is 6.44. The highest BCUT2D eigenvalue weighted by atomic mass is 19.2. The first kappa shape index (κ1) is 17.8. The van der Waals surface area contributed by atoms with Crippen LogP contribution in [-0.4, -0.2) is 42.5 Å². The summed E-state index contributed by atoms with van der Waals surface area (Å²) in [6.45, 7) is 5.74. The molecule has 0 atom stereocenters. The summed E-state index contributed by atoms with van der Waals surface area (Å²) in [5.41, 5.74) is -0.0347. The van der Waals surface area contributed by atoms with Gasteiger partial charge in [0.05, 0.1) is 5.52 Å². The Morgan fingerprint density at radius 2 is 1.64 bits per heavy atom. The van der Waals surface area contributed by atoms with Gasteiger partial charge in [-0.05, 0) is 31.0 Å². The van der Waals surface area contributed by atoms with E-state index in [0.29, 0.717) is 54.5 Å². The SMILES string of the molecule is CCc1cc(=O)n2c(F)c(F)c(N3CCN(C)CC3)c(F)c2c1CC. The minimum atomic E-state index is -1.33. The molecule has 0 amide bonds. The number of anilines is 1. The Hall–Kier alpha value is -2.02. The summed E-state index contributed by atoms with van der Waals surface area (Å²) in [6, 6.07) is 1.27. The van der Waals surface area contributed by atoms with Gasteiger partial charge in [0.2, 0.25) is 11.8 Å². The average molecular weight is 353 g/mol. The van der Waals surface area contributed by atoms with Crippen LogP contribution in [0.4, 0.5) is 18.9 Å². The lowest BCUT2D eigenvalue weighted by Crippen LogP contribution is -2.45. The molecule has 4 nitrogen and oxygen atoms in total. The lowest BCUT2D eigenvalue weighted by Gasteiger charge is -2.34. The molecule has 2 aromatic rings. The van der Waals surface area contributed by atoms with Crippen molar-refractivity contribution in [2.45, 2.75) is 26.7 Å². The molecule has 0 N–H and O–H groups in total. The maximum Gasteiger partial charge on any atom is 0.257 e. The van der Waals surface area contributed by atoms with Crippen LogP contribution in [0.25, 0.3) is 5.52 Å². The lowest BCUT2D eigenvalue weighted by atomic mass is 10.0. The van der Waals surface area contributed by atoms with Gasteiger partial charge in [-0.25, -0.2) is 8.79 Å². The van der Waals surface area contributed by atoms with Gasteiger partial charge in [0, 0.05) is 32.2 Å². The first-order chi connectivity index (χ1) is 11.9. The van der Waals surface area contributed by atoms with Crippen LogP contribution >= 0.6 is 0 Å². The number of fused-ring (bicyclic) bond motifs is 1. The van der Waals surface area contributed by atoms with E-state index < -0.39 is 23.1 Å². The Labute approximate surface area is 144 Å². The van der Waals surface area contributed by atoms with E-state index in [4.69, 9.17) is 0 Å². The predicted octanol–water partition coefficient (Wildman–Crippen LogP) is 2.59. The second kappa shape index (κ2) is 6.71. The number of hydrogen-bond acceptors (Lipinski definition) is 3. The van der Waals surface area contributed by atoms with Gasteiger partial charge in [-0.1, -0.05) is 13.8 Å². The molecule has 0 aliphatic carbocycles. The summed E-state index contributed by atoms with van der Waals surface area (Å²) in [4.78, 5) is 15.8. The van der Waals surface area contributed by atoms with E-state index in [1.165, 1.54) is 11.0 Å². The molecule has 0 spiro atoms. The Morgan fingerprint density at radius 3 is 2.20 bits per heavy atom. The van der Waals surface area contributed by atoms with Crippen LogP contribution in [0.3, 0.4) is 0 Å². The molecule has 3 rings (SSSR count). The van der Waals surface area contributed by atoms with Crippen LogP contribution in [0.5, 0.6) is 0 Å². The second-order valence-electron chi connectivity index (χ2n) is 6.44. The fourth-order valence-electron chi connectivity index (χ4n) is 3.55. The van der Waals surface area contributed by atoms with Crippen molar-refractivity contribution in [2.24, 2.45) is 0 Å². The first-order valence-electron chi connectivity index (χ1n) is 8.58. The molecule has 7 heteroatoms. The summed E-state index contributed by atoms with van der Waals surface area (Å²) in [6.07, 6.45) is 0.953. The minimum Gasteiger partial charge on any atom is -0.364 e. The summed E-state index contributed by atoms with van der Waals surface area (Å²) < 4.78 is 45.2. The van der Waals surface area contributed by atoms with Gasteiger partial charge in [-0.15, -0.1) is 0 Å². The van der Waals surface area contributed by atoms with Crippen molar-refractivity contribution in [2.75, 3.05) is 38.1 Å². The van der Waals surface area contributed by atoms with Crippen LogP contribution < -0.4 is 10.5 Å².